The van der Waals surface area contributed by atoms with Crippen LogP contribution in [-0.2, 0) is 13.0 Å². The van der Waals surface area contributed by atoms with E-state index >= 15 is 0 Å². The van der Waals surface area contributed by atoms with Crippen molar-refractivity contribution in [3.63, 3.8) is 0 Å². The van der Waals surface area contributed by atoms with E-state index in [2.05, 4.69) is 29.2 Å². The normalized spacial score (nSPS) is 16.7. The number of β-amino-alcohol motifs (C(OH)–C–C–N with tert-alkyl or cyclic N) is 1. The van der Waals surface area contributed by atoms with E-state index in [1.165, 1.54) is 11.1 Å². The predicted octanol–water partition coefficient (Wildman–Crippen LogP) is 3.43. The average Bonchev–Trinajstić information content (AvgIpc) is 2.47. The van der Waals surface area contributed by atoms with Gasteiger partial charge in [0.05, 0.1) is 6.10 Å². The Morgan fingerprint density at radius 1 is 1.10 bits per heavy atom. The zero-order valence-electron chi connectivity index (χ0n) is 11.3. The molecular formula is C17H18ClNO. The third-order valence-corrected chi connectivity index (χ3v) is 4.11. The van der Waals surface area contributed by atoms with Gasteiger partial charge in [-0.3, -0.25) is 4.90 Å². The van der Waals surface area contributed by atoms with Crippen molar-refractivity contribution in [1.29, 1.82) is 0 Å². The van der Waals surface area contributed by atoms with E-state index in [-0.39, 0.29) is 0 Å². The number of hydrogen-bond donors (Lipinski definition) is 1. The van der Waals surface area contributed by atoms with Crippen molar-refractivity contribution in [2.45, 2.75) is 19.1 Å². The quantitative estimate of drug-likeness (QED) is 0.935. The van der Waals surface area contributed by atoms with Gasteiger partial charge >= 0.3 is 0 Å². The van der Waals surface area contributed by atoms with Gasteiger partial charge in [0.2, 0.25) is 0 Å². The molecule has 0 aromatic heterocycles. The van der Waals surface area contributed by atoms with E-state index in [0.29, 0.717) is 11.6 Å². The van der Waals surface area contributed by atoms with Crippen LogP contribution in [0.1, 0.15) is 22.8 Å². The summed E-state index contributed by atoms with van der Waals surface area (Å²) in [6, 6.07) is 16.0. The van der Waals surface area contributed by atoms with Crippen molar-refractivity contribution in [2.75, 3.05) is 13.1 Å². The van der Waals surface area contributed by atoms with E-state index in [4.69, 9.17) is 11.6 Å². The lowest BCUT2D eigenvalue weighted by Crippen LogP contribution is -2.33. The summed E-state index contributed by atoms with van der Waals surface area (Å²) in [7, 11) is 0. The lowest BCUT2D eigenvalue weighted by molar-refractivity contribution is 0.106. The first-order valence-electron chi connectivity index (χ1n) is 6.95. The molecule has 2 aromatic rings. The number of halogens is 1. The Kier molecular flexibility index (Phi) is 4.06. The van der Waals surface area contributed by atoms with Gasteiger partial charge in [0.1, 0.15) is 0 Å². The minimum Gasteiger partial charge on any atom is -0.387 e. The molecule has 0 fully saturated rings. The maximum atomic E-state index is 10.3. The summed E-state index contributed by atoms with van der Waals surface area (Å²) in [5, 5.41) is 11.0. The fraction of sp³-hybridized carbons (Fsp3) is 0.294. The summed E-state index contributed by atoms with van der Waals surface area (Å²) < 4.78 is 0. The van der Waals surface area contributed by atoms with Gasteiger partial charge in [-0.2, -0.15) is 0 Å². The zero-order chi connectivity index (χ0) is 13.9. The van der Waals surface area contributed by atoms with Crippen LogP contribution >= 0.6 is 11.6 Å². The van der Waals surface area contributed by atoms with Crippen LogP contribution in [0.25, 0.3) is 0 Å². The van der Waals surface area contributed by atoms with E-state index in [1.807, 2.05) is 24.3 Å². The predicted molar refractivity (Wildman–Crippen MR) is 81.8 cm³/mol. The molecule has 0 saturated heterocycles. The molecule has 0 saturated carbocycles. The second-order valence-corrected chi connectivity index (χ2v) is 5.76. The summed E-state index contributed by atoms with van der Waals surface area (Å²) in [4.78, 5) is 2.30. The van der Waals surface area contributed by atoms with Gasteiger partial charge in [-0.15, -0.1) is 0 Å². The summed E-state index contributed by atoms with van der Waals surface area (Å²) in [5.41, 5.74) is 3.69. The van der Waals surface area contributed by atoms with Crippen molar-refractivity contribution in [3.05, 3.63) is 70.2 Å². The van der Waals surface area contributed by atoms with Crippen LogP contribution in [-0.4, -0.2) is 23.1 Å². The van der Waals surface area contributed by atoms with Crippen LogP contribution in [0.15, 0.2) is 48.5 Å². The van der Waals surface area contributed by atoms with E-state index in [1.54, 1.807) is 0 Å². The molecule has 3 rings (SSSR count). The molecule has 2 nitrogen and oxygen atoms in total. The Hall–Kier alpha value is -1.35. The minimum absolute atomic E-state index is 0.487. The van der Waals surface area contributed by atoms with E-state index in [9.17, 15) is 5.11 Å². The van der Waals surface area contributed by atoms with Gasteiger partial charge in [0.25, 0.3) is 0 Å². The van der Waals surface area contributed by atoms with Gasteiger partial charge in [-0.1, -0.05) is 48.0 Å². The zero-order valence-corrected chi connectivity index (χ0v) is 12.1. The molecule has 0 amide bonds. The second-order valence-electron chi connectivity index (χ2n) is 5.32. The lowest BCUT2D eigenvalue weighted by atomic mass is 9.99. The molecule has 0 bridgehead atoms. The monoisotopic (exact) mass is 287 g/mol. The highest BCUT2D eigenvalue weighted by Gasteiger charge is 2.19. The highest BCUT2D eigenvalue weighted by atomic mass is 35.5. The van der Waals surface area contributed by atoms with Crippen molar-refractivity contribution in [2.24, 2.45) is 0 Å². The van der Waals surface area contributed by atoms with Gasteiger partial charge < -0.3 is 5.11 Å². The molecule has 1 atom stereocenters. The molecule has 0 spiro atoms. The molecule has 1 aliphatic heterocycles. The first-order chi connectivity index (χ1) is 9.72. The first-order valence-corrected chi connectivity index (χ1v) is 7.33. The molecule has 104 valence electrons. The SMILES string of the molecule is OC(CN1CCc2ccccc2C1)c1cccc(Cl)c1. The van der Waals surface area contributed by atoms with Crippen molar-refractivity contribution < 1.29 is 5.11 Å². The molecule has 0 aliphatic carbocycles. The van der Waals surface area contributed by atoms with Crippen LogP contribution in [0.4, 0.5) is 0 Å². The minimum atomic E-state index is -0.487. The van der Waals surface area contributed by atoms with Crippen LogP contribution in [0, 0.1) is 0 Å². The smallest absolute Gasteiger partial charge is 0.0917 e. The number of benzene rings is 2. The Bertz CT molecular complexity index is 599. The summed E-state index contributed by atoms with van der Waals surface area (Å²) in [6.07, 6.45) is 0.567. The van der Waals surface area contributed by atoms with Crippen molar-refractivity contribution in [1.82, 2.24) is 4.90 Å². The third kappa shape index (κ3) is 3.04. The number of fused-ring (bicyclic) bond motifs is 1. The number of hydrogen-bond acceptors (Lipinski definition) is 2. The molecule has 1 unspecified atom stereocenters. The van der Waals surface area contributed by atoms with Crippen molar-refractivity contribution in [3.8, 4) is 0 Å². The van der Waals surface area contributed by atoms with Crippen LogP contribution < -0.4 is 0 Å². The van der Waals surface area contributed by atoms with Crippen LogP contribution in [0.2, 0.25) is 5.02 Å². The molecule has 0 radical (unpaired) electrons. The average molecular weight is 288 g/mol. The lowest BCUT2D eigenvalue weighted by Gasteiger charge is -2.30. The molecule has 20 heavy (non-hydrogen) atoms. The van der Waals surface area contributed by atoms with Crippen LogP contribution in [0.5, 0.6) is 0 Å². The first kappa shape index (κ1) is 13.6. The molecule has 3 heteroatoms. The van der Waals surface area contributed by atoms with Gasteiger partial charge in [0.15, 0.2) is 0 Å². The topological polar surface area (TPSA) is 23.5 Å². The standard InChI is InChI=1S/C17H18ClNO/c18-16-7-3-6-14(10-16)17(20)12-19-9-8-13-4-1-2-5-15(13)11-19/h1-7,10,17,20H,8-9,11-12H2. The molecule has 1 N–H and O–H groups in total. The summed E-state index contributed by atoms with van der Waals surface area (Å²) in [5.74, 6) is 0. The molecule has 1 aliphatic rings. The fourth-order valence-corrected chi connectivity index (χ4v) is 2.97. The fourth-order valence-electron chi connectivity index (χ4n) is 2.77. The Balaban J connectivity index is 1.67. The molecule has 1 heterocycles. The molecular weight excluding hydrogens is 270 g/mol. The van der Waals surface area contributed by atoms with Crippen molar-refractivity contribution >= 4 is 11.6 Å². The molecule has 2 aromatic carbocycles. The summed E-state index contributed by atoms with van der Waals surface area (Å²) in [6.45, 7) is 2.55. The van der Waals surface area contributed by atoms with Gasteiger partial charge in [-0.05, 0) is 35.2 Å². The van der Waals surface area contributed by atoms with Gasteiger partial charge in [-0.25, -0.2) is 0 Å². The summed E-state index contributed by atoms with van der Waals surface area (Å²) >= 11 is 5.97. The Morgan fingerprint density at radius 3 is 2.70 bits per heavy atom. The Morgan fingerprint density at radius 2 is 1.90 bits per heavy atom. The maximum absolute atomic E-state index is 10.3. The highest BCUT2D eigenvalue weighted by molar-refractivity contribution is 6.30. The van der Waals surface area contributed by atoms with E-state index in [0.717, 1.165) is 25.1 Å². The van der Waals surface area contributed by atoms with Gasteiger partial charge in [0, 0.05) is 24.7 Å². The number of nitrogens with zero attached hydrogens (tertiary/aromatic N) is 1. The number of aliphatic hydroxyl groups is 1. The third-order valence-electron chi connectivity index (χ3n) is 3.87. The Labute approximate surface area is 124 Å². The highest BCUT2D eigenvalue weighted by Crippen LogP contribution is 2.23. The second kappa shape index (κ2) is 5.96. The van der Waals surface area contributed by atoms with Crippen LogP contribution in [0.3, 0.4) is 0 Å². The number of aliphatic hydroxyl groups excluding tert-OH is 1. The van der Waals surface area contributed by atoms with E-state index < -0.39 is 6.10 Å². The maximum Gasteiger partial charge on any atom is 0.0917 e. The number of rotatable bonds is 3. The largest absolute Gasteiger partial charge is 0.387 e.